The zero-order valence-electron chi connectivity index (χ0n) is 28.7. The smallest absolute Gasteiger partial charge is 0.494 e. The Morgan fingerprint density at radius 2 is 1.62 bits per heavy atom. The molecule has 3 atom stereocenters. The number of benzene rings is 3. The van der Waals surface area contributed by atoms with Gasteiger partial charge in [-0.15, -0.1) is 4.52 Å². The van der Waals surface area contributed by atoms with Crippen LogP contribution in [0.2, 0.25) is 0 Å². The molecule has 0 aliphatic heterocycles. The van der Waals surface area contributed by atoms with Gasteiger partial charge in [0.1, 0.15) is 18.1 Å². The number of hydroxylamine groups is 2. The first kappa shape index (κ1) is 39.6. The molecular weight excluding hydrogens is 661 g/mol. The number of hydrogen-bond acceptors (Lipinski definition) is 9. The van der Waals surface area contributed by atoms with E-state index in [0.717, 1.165) is 18.2 Å². The molecule has 13 heteroatoms. The summed E-state index contributed by atoms with van der Waals surface area (Å²) in [4.78, 5) is 44.7. The molecule has 0 radical (unpaired) electrons. The van der Waals surface area contributed by atoms with Crippen molar-refractivity contribution in [3.05, 3.63) is 108 Å². The van der Waals surface area contributed by atoms with Crippen LogP contribution in [0.1, 0.15) is 48.4 Å². The average Bonchev–Trinajstić information content (AvgIpc) is 3.66. The summed E-state index contributed by atoms with van der Waals surface area (Å²) in [5, 5.41) is 14.1. The molecule has 0 aliphatic rings. The van der Waals surface area contributed by atoms with Crippen molar-refractivity contribution in [1.29, 1.82) is 0 Å². The highest BCUT2D eigenvalue weighted by Crippen LogP contribution is 2.30. The van der Waals surface area contributed by atoms with E-state index < -0.39 is 25.9 Å². The number of furan rings is 1. The summed E-state index contributed by atoms with van der Waals surface area (Å²) in [6.07, 6.45) is 2.12. The molecule has 0 saturated carbocycles. The van der Waals surface area contributed by atoms with Gasteiger partial charge in [0, 0.05) is 24.8 Å². The molecule has 3 N–H and O–H groups in total. The van der Waals surface area contributed by atoms with E-state index in [2.05, 4.69) is 10.6 Å². The molecule has 4 rings (SSSR count). The SMILES string of the molecule is CCOc1cc(-c2ccc(C(=O)NCNC(=O)[C@H](CCc3ccccc3)[C@@H](CC)N(C=O)OCc3ccccc3)o2)cc([P+](=O)OC)c1.CO. The Morgan fingerprint density at radius 1 is 0.940 bits per heavy atom. The molecule has 12 nitrogen and oxygen atoms in total. The van der Waals surface area contributed by atoms with Crippen LogP contribution in [0.5, 0.6) is 5.75 Å². The molecule has 266 valence electrons. The van der Waals surface area contributed by atoms with Gasteiger partial charge >= 0.3 is 8.03 Å². The molecule has 0 bridgehead atoms. The molecule has 0 aliphatic carbocycles. The zero-order chi connectivity index (χ0) is 36.3. The standard InChI is InChI=1S/C36H40N3O8P.CH4O/c1-4-32(39(25-40)46-23-27-14-10-7-11-15-27)31(17-16-26-12-8-6-9-13-26)35(41)37-24-38-36(42)34-19-18-33(47-34)28-20-29(45-5-2)22-30(21-28)48(43)44-3;1-2/h6-15,18-22,25,31-32H,4-5,16-17,23-24H2,1-3H3,(H-,37,38,41,42);2H,1H3/p+1/t31-,32-;/m1./s1. The van der Waals surface area contributed by atoms with Crippen LogP contribution in [-0.2, 0) is 36.5 Å². The number of nitrogens with one attached hydrogen (secondary N) is 2. The van der Waals surface area contributed by atoms with E-state index in [1.54, 1.807) is 24.3 Å². The number of aliphatic hydroxyl groups excluding tert-OH is 1. The van der Waals surface area contributed by atoms with Gasteiger partial charge in [0.15, 0.2) is 5.76 Å². The fourth-order valence-corrected chi connectivity index (χ4v) is 5.95. The second kappa shape index (κ2) is 21.3. The van der Waals surface area contributed by atoms with Crippen molar-refractivity contribution < 1.29 is 42.6 Å². The number of aryl methyl sites for hydroxylation is 1. The van der Waals surface area contributed by atoms with Crippen molar-refractivity contribution in [2.45, 2.75) is 45.8 Å². The summed E-state index contributed by atoms with van der Waals surface area (Å²) in [6.45, 7) is 4.14. The maximum absolute atomic E-state index is 13.6. The molecule has 1 heterocycles. The first-order valence-corrected chi connectivity index (χ1v) is 17.4. The van der Waals surface area contributed by atoms with Crippen molar-refractivity contribution in [2.75, 3.05) is 27.5 Å². The van der Waals surface area contributed by atoms with E-state index >= 15 is 0 Å². The summed E-state index contributed by atoms with van der Waals surface area (Å²) in [7, 11) is 0.258. The average molecular weight is 707 g/mol. The van der Waals surface area contributed by atoms with Crippen molar-refractivity contribution in [2.24, 2.45) is 5.92 Å². The van der Waals surface area contributed by atoms with Crippen LogP contribution < -0.4 is 20.7 Å². The highest BCUT2D eigenvalue weighted by molar-refractivity contribution is 7.48. The van der Waals surface area contributed by atoms with Gasteiger partial charge in [0.25, 0.3) is 5.91 Å². The molecule has 1 aromatic heterocycles. The Labute approximate surface area is 293 Å². The van der Waals surface area contributed by atoms with Crippen molar-refractivity contribution in [1.82, 2.24) is 15.7 Å². The Balaban J connectivity index is 0.00000332. The molecular formula is C37H45N3O9P+. The molecule has 0 saturated heterocycles. The number of amides is 3. The molecule has 1 unspecified atom stereocenters. The number of aliphatic hydroxyl groups is 1. The van der Waals surface area contributed by atoms with Gasteiger partial charge in [-0.1, -0.05) is 67.6 Å². The number of hydrogen-bond donors (Lipinski definition) is 3. The van der Waals surface area contributed by atoms with Crippen LogP contribution >= 0.6 is 8.03 Å². The predicted octanol–water partition coefficient (Wildman–Crippen LogP) is 5.39. The van der Waals surface area contributed by atoms with Gasteiger partial charge in [-0.2, -0.15) is 0 Å². The van der Waals surface area contributed by atoms with Gasteiger partial charge in [-0.05, 0) is 60.1 Å². The molecule has 4 aromatic rings. The number of rotatable bonds is 19. The zero-order valence-corrected chi connectivity index (χ0v) is 29.6. The number of ether oxygens (including phenoxy) is 1. The second-order valence-electron chi connectivity index (χ2n) is 10.8. The third kappa shape index (κ3) is 11.6. The number of carbonyl (C=O) groups is 3. The van der Waals surface area contributed by atoms with Crippen LogP contribution in [0.15, 0.2) is 95.4 Å². The third-order valence-corrected chi connectivity index (χ3v) is 8.68. The summed E-state index contributed by atoms with van der Waals surface area (Å²) in [5.41, 5.74) is 2.51. The summed E-state index contributed by atoms with van der Waals surface area (Å²) < 4.78 is 28.7. The molecule has 3 aromatic carbocycles. The number of carbonyl (C=O) groups excluding carboxylic acids is 3. The summed E-state index contributed by atoms with van der Waals surface area (Å²) in [5.74, 6) is -0.634. The van der Waals surface area contributed by atoms with Crippen molar-refractivity contribution in [3.8, 4) is 17.1 Å². The first-order valence-electron chi connectivity index (χ1n) is 16.2. The molecule has 0 fully saturated rings. The minimum Gasteiger partial charge on any atom is -0.494 e. The van der Waals surface area contributed by atoms with Gasteiger partial charge in [-0.3, -0.25) is 19.2 Å². The minimum absolute atomic E-state index is 0.0206. The minimum atomic E-state index is -2.09. The topological polar surface area (TPSA) is 157 Å². The summed E-state index contributed by atoms with van der Waals surface area (Å²) in [6, 6.07) is 26.8. The molecule has 0 spiro atoms. The van der Waals surface area contributed by atoms with Gasteiger partial charge in [0.05, 0.1) is 32.3 Å². The van der Waals surface area contributed by atoms with Crippen LogP contribution in [0.4, 0.5) is 0 Å². The van der Waals surface area contributed by atoms with E-state index in [1.165, 1.54) is 18.2 Å². The highest BCUT2D eigenvalue weighted by atomic mass is 31.1. The fraction of sp³-hybridized carbons (Fsp3) is 0.324. The molecule has 3 amide bonds. The fourth-order valence-electron chi connectivity index (χ4n) is 5.27. The van der Waals surface area contributed by atoms with E-state index in [0.29, 0.717) is 54.7 Å². The van der Waals surface area contributed by atoms with E-state index in [-0.39, 0.29) is 24.9 Å². The van der Waals surface area contributed by atoms with Crippen LogP contribution in [0.3, 0.4) is 0 Å². The normalized spacial score (nSPS) is 12.1. The van der Waals surface area contributed by atoms with Crippen molar-refractivity contribution >= 4 is 31.6 Å². The van der Waals surface area contributed by atoms with Crippen LogP contribution in [0, 0.1) is 5.92 Å². The van der Waals surface area contributed by atoms with Crippen LogP contribution in [0.25, 0.3) is 11.3 Å². The monoisotopic (exact) mass is 706 g/mol. The Kier molecular flexibility index (Phi) is 16.8. The second-order valence-corrected chi connectivity index (χ2v) is 12.2. The summed E-state index contributed by atoms with van der Waals surface area (Å²) >= 11 is 0. The van der Waals surface area contributed by atoms with Gasteiger partial charge in [-0.25, -0.2) is 5.06 Å². The van der Waals surface area contributed by atoms with E-state index in [4.69, 9.17) is 23.6 Å². The first-order chi connectivity index (χ1) is 24.4. The van der Waals surface area contributed by atoms with Gasteiger partial charge < -0.3 is 24.9 Å². The largest absolute Gasteiger partial charge is 0.548 e. The number of nitrogens with zero attached hydrogens (tertiary/aromatic N) is 1. The van der Waals surface area contributed by atoms with E-state index in [9.17, 15) is 18.9 Å². The molecule has 50 heavy (non-hydrogen) atoms. The van der Waals surface area contributed by atoms with Gasteiger partial charge in [0.2, 0.25) is 17.6 Å². The predicted molar refractivity (Wildman–Crippen MR) is 190 cm³/mol. The lowest BCUT2D eigenvalue weighted by atomic mass is 9.90. The van der Waals surface area contributed by atoms with Crippen LogP contribution in [-0.4, -0.2) is 61.9 Å². The maximum Gasteiger partial charge on any atom is 0.548 e. The lowest BCUT2D eigenvalue weighted by Crippen LogP contribution is -2.48. The lowest BCUT2D eigenvalue weighted by Gasteiger charge is -2.32. The highest BCUT2D eigenvalue weighted by Gasteiger charge is 2.32. The maximum atomic E-state index is 13.6. The van der Waals surface area contributed by atoms with E-state index in [1.807, 2.05) is 74.5 Å². The Morgan fingerprint density at radius 3 is 2.24 bits per heavy atom. The van der Waals surface area contributed by atoms with Crippen molar-refractivity contribution in [3.63, 3.8) is 0 Å². The quantitative estimate of drug-likeness (QED) is 0.0504. The third-order valence-electron chi connectivity index (χ3n) is 7.67. The Bertz CT molecular complexity index is 1650. The lowest BCUT2D eigenvalue weighted by molar-refractivity contribution is -0.200. The Hall–Kier alpha value is -4.87.